The van der Waals surface area contributed by atoms with Crippen LogP contribution in [-0.4, -0.2) is 50.0 Å². The number of carbonyl (C=O) groups is 2. The van der Waals surface area contributed by atoms with Gasteiger partial charge in [0.15, 0.2) is 0 Å². The predicted molar refractivity (Wildman–Crippen MR) is 157 cm³/mol. The third kappa shape index (κ3) is 8.57. The molecule has 9 heteroatoms. The molecule has 0 fully saturated rings. The molecule has 0 radical (unpaired) electrons. The van der Waals surface area contributed by atoms with Crippen molar-refractivity contribution in [1.82, 2.24) is 10.2 Å². The highest BCUT2D eigenvalue weighted by Gasteiger charge is 2.33. The number of hydrogen-bond donors (Lipinski definition) is 1. The zero-order valence-corrected chi connectivity index (χ0v) is 24.6. The van der Waals surface area contributed by atoms with Crippen LogP contribution in [-0.2, 0) is 32.6 Å². The predicted octanol–water partition coefficient (Wildman–Crippen LogP) is 4.89. The second-order valence-electron chi connectivity index (χ2n) is 10.1. The number of amides is 2. The summed E-state index contributed by atoms with van der Waals surface area (Å²) in [4.78, 5) is 29.1. The third-order valence-corrected chi connectivity index (χ3v) is 7.61. The van der Waals surface area contributed by atoms with Gasteiger partial charge in [0, 0.05) is 24.0 Å². The summed E-state index contributed by atoms with van der Waals surface area (Å²) in [6.07, 6.45) is 1.34. The topological polar surface area (TPSA) is 86.8 Å². The molecule has 208 valence electrons. The quantitative estimate of drug-likeness (QED) is 0.356. The Hall–Kier alpha value is -3.36. The van der Waals surface area contributed by atoms with E-state index >= 15 is 0 Å². The largest absolute Gasteiger partial charge is 0.352 e. The van der Waals surface area contributed by atoms with Crippen LogP contribution in [0.4, 0.5) is 5.69 Å². The molecule has 0 saturated heterocycles. The van der Waals surface area contributed by atoms with E-state index in [-0.39, 0.29) is 24.9 Å². The first-order valence-electron chi connectivity index (χ1n) is 12.8. The molecule has 0 heterocycles. The molecule has 1 N–H and O–H groups in total. The van der Waals surface area contributed by atoms with Gasteiger partial charge < -0.3 is 10.2 Å². The fourth-order valence-electron chi connectivity index (χ4n) is 4.45. The molecule has 0 bridgehead atoms. The molecule has 0 aliphatic carbocycles. The average Bonchev–Trinajstić information content (AvgIpc) is 2.84. The summed E-state index contributed by atoms with van der Waals surface area (Å²) in [5.41, 5.74) is 3.73. The molecule has 0 aliphatic heterocycles. The molecule has 7 nitrogen and oxygen atoms in total. The van der Waals surface area contributed by atoms with Crippen LogP contribution in [0.3, 0.4) is 0 Å². The van der Waals surface area contributed by atoms with Crippen molar-refractivity contribution in [3.8, 4) is 0 Å². The van der Waals surface area contributed by atoms with E-state index in [1.807, 2.05) is 76.2 Å². The zero-order valence-electron chi connectivity index (χ0n) is 23.0. The number of aryl methyl sites for hydroxylation is 2. The molecule has 0 spiro atoms. The van der Waals surface area contributed by atoms with Crippen molar-refractivity contribution >= 4 is 39.1 Å². The SMILES string of the molecule is Cc1ccc(N(CC(=O)N(Cc2cccc(Cl)c2)[C@@H](Cc2ccccc2)C(=O)NC(C)C)S(C)(=O)=O)c(C)c1. The minimum atomic E-state index is -3.82. The van der Waals surface area contributed by atoms with Gasteiger partial charge in [0.25, 0.3) is 0 Å². The van der Waals surface area contributed by atoms with Crippen LogP contribution in [0, 0.1) is 13.8 Å². The minimum absolute atomic E-state index is 0.0763. The highest BCUT2D eigenvalue weighted by molar-refractivity contribution is 7.92. The zero-order chi connectivity index (χ0) is 28.7. The number of anilines is 1. The number of rotatable bonds is 11. The van der Waals surface area contributed by atoms with Crippen LogP contribution in [0.25, 0.3) is 0 Å². The van der Waals surface area contributed by atoms with Gasteiger partial charge in [-0.15, -0.1) is 0 Å². The van der Waals surface area contributed by atoms with Crippen LogP contribution in [0.1, 0.15) is 36.1 Å². The summed E-state index contributed by atoms with van der Waals surface area (Å²) >= 11 is 6.23. The number of nitrogens with zero attached hydrogens (tertiary/aromatic N) is 2. The van der Waals surface area contributed by atoms with Crippen LogP contribution >= 0.6 is 11.6 Å². The Bertz CT molecular complexity index is 1410. The van der Waals surface area contributed by atoms with E-state index in [2.05, 4.69) is 5.32 Å². The molecule has 3 aromatic carbocycles. The van der Waals surface area contributed by atoms with E-state index in [9.17, 15) is 18.0 Å². The fraction of sp³-hybridized carbons (Fsp3) is 0.333. The van der Waals surface area contributed by atoms with Crippen molar-refractivity contribution in [1.29, 1.82) is 0 Å². The summed E-state index contributed by atoms with van der Waals surface area (Å²) in [5, 5.41) is 3.43. The van der Waals surface area contributed by atoms with Crippen molar-refractivity contribution in [3.63, 3.8) is 0 Å². The minimum Gasteiger partial charge on any atom is -0.352 e. The Labute approximate surface area is 236 Å². The summed E-state index contributed by atoms with van der Waals surface area (Å²) in [7, 11) is -3.82. The van der Waals surface area contributed by atoms with Crippen LogP contribution in [0.2, 0.25) is 5.02 Å². The molecule has 0 saturated carbocycles. The number of hydrogen-bond acceptors (Lipinski definition) is 4. The summed E-state index contributed by atoms with van der Waals surface area (Å²) in [5.74, 6) is -0.818. The molecule has 2 amide bonds. The molecule has 0 aliphatic rings. The van der Waals surface area contributed by atoms with Gasteiger partial charge in [-0.25, -0.2) is 8.42 Å². The van der Waals surface area contributed by atoms with Gasteiger partial charge in [-0.3, -0.25) is 13.9 Å². The summed E-state index contributed by atoms with van der Waals surface area (Å²) in [6.45, 7) is 7.05. The lowest BCUT2D eigenvalue weighted by molar-refractivity contribution is -0.140. The smallest absolute Gasteiger partial charge is 0.244 e. The van der Waals surface area contributed by atoms with Crippen LogP contribution in [0.15, 0.2) is 72.8 Å². The molecule has 3 rings (SSSR count). The Morgan fingerprint density at radius 3 is 2.18 bits per heavy atom. The van der Waals surface area contributed by atoms with Gasteiger partial charge in [-0.2, -0.15) is 0 Å². The Balaban J connectivity index is 2.07. The van der Waals surface area contributed by atoms with Gasteiger partial charge >= 0.3 is 0 Å². The van der Waals surface area contributed by atoms with E-state index in [4.69, 9.17) is 11.6 Å². The number of carbonyl (C=O) groups excluding carboxylic acids is 2. The number of nitrogens with one attached hydrogen (secondary N) is 1. The second-order valence-corrected chi connectivity index (χ2v) is 12.4. The normalized spacial score (nSPS) is 12.2. The number of halogens is 1. The van der Waals surface area contributed by atoms with E-state index in [1.165, 1.54) is 4.90 Å². The highest BCUT2D eigenvalue weighted by atomic mass is 35.5. The first-order valence-corrected chi connectivity index (χ1v) is 15.0. The maximum Gasteiger partial charge on any atom is 0.244 e. The van der Waals surface area contributed by atoms with Crippen LogP contribution < -0.4 is 9.62 Å². The Kier molecular flexibility index (Phi) is 10.2. The third-order valence-electron chi connectivity index (χ3n) is 6.24. The molecule has 0 unspecified atom stereocenters. The second kappa shape index (κ2) is 13.1. The van der Waals surface area contributed by atoms with Gasteiger partial charge in [0.1, 0.15) is 12.6 Å². The average molecular weight is 570 g/mol. The van der Waals surface area contributed by atoms with E-state index in [0.717, 1.165) is 32.8 Å². The van der Waals surface area contributed by atoms with E-state index < -0.39 is 28.5 Å². The van der Waals surface area contributed by atoms with Crippen molar-refractivity contribution in [3.05, 3.63) is 100 Å². The number of sulfonamides is 1. The fourth-order valence-corrected chi connectivity index (χ4v) is 5.57. The van der Waals surface area contributed by atoms with Gasteiger partial charge in [-0.1, -0.05) is 71.8 Å². The molecule has 39 heavy (non-hydrogen) atoms. The maximum atomic E-state index is 14.1. The molecular weight excluding hydrogens is 534 g/mol. The van der Waals surface area contributed by atoms with Crippen molar-refractivity contribution in [2.24, 2.45) is 0 Å². The first-order chi connectivity index (χ1) is 18.3. The van der Waals surface area contributed by atoms with E-state index in [0.29, 0.717) is 10.7 Å². The molecule has 1 atom stereocenters. The Morgan fingerprint density at radius 2 is 1.59 bits per heavy atom. The van der Waals surface area contributed by atoms with E-state index in [1.54, 1.807) is 24.3 Å². The van der Waals surface area contributed by atoms with Gasteiger partial charge in [-0.05, 0) is 62.6 Å². The first kappa shape index (κ1) is 30.2. The standard InChI is InChI=1S/C30H36ClN3O4S/c1-21(2)32-30(36)28(18-24-10-7-6-8-11-24)33(19-25-12-9-13-26(31)17-25)29(35)20-34(39(5,37)38)27-15-14-22(3)16-23(27)4/h6-17,21,28H,18-20H2,1-5H3,(H,32,36)/t28-/m0/s1. The monoisotopic (exact) mass is 569 g/mol. The molecule has 3 aromatic rings. The lowest BCUT2D eigenvalue weighted by atomic mass is 10.0. The van der Waals surface area contributed by atoms with Crippen molar-refractivity contribution < 1.29 is 18.0 Å². The lowest BCUT2D eigenvalue weighted by Gasteiger charge is -2.34. The summed E-state index contributed by atoms with van der Waals surface area (Å²) in [6, 6.07) is 20.8. The van der Waals surface area contributed by atoms with Crippen LogP contribution in [0.5, 0.6) is 0 Å². The molecule has 0 aromatic heterocycles. The van der Waals surface area contributed by atoms with Crippen molar-refractivity contribution in [2.45, 2.75) is 52.7 Å². The molecular formula is C30H36ClN3O4S. The van der Waals surface area contributed by atoms with Crippen molar-refractivity contribution in [2.75, 3.05) is 17.1 Å². The maximum absolute atomic E-state index is 14.1. The number of benzene rings is 3. The van der Waals surface area contributed by atoms with Gasteiger partial charge in [0.2, 0.25) is 21.8 Å². The lowest BCUT2D eigenvalue weighted by Crippen LogP contribution is -2.54. The van der Waals surface area contributed by atoms with Gasteiger partial charge in [0.05, 0.1) is 11.9 Å². The summed E-state index contributed by atoms with van der Waals surface area (Å²) < 4.78 is 27.0. The Morgan fingerprint density at radius 1 is 0.923 bits per heavy atom. The highest BCUT2D eigenvalue weighted by Crippen LogP contribution is 2.25.